The van der Waals surface area contributed by atoms with E-state index >= 15 is 0 Å². The van der Waals surface area contributed by atoms with Gasteiger partial charge in [-0.2, -0.15) is 0 Å². The molecule has 0 aliphatic carbocycles. The van der Waals surface area contributed by atoms with Gasteiger partial charge in [-0.25, -0.2) is 4.98 Å². The van der Waals surface area contributed by atoms with Crippen molar-refractivity contribution in [1.29, 1.82) is 0 Å². The Morgan fingerprint density at radius 1 is 1.12 bits per heavy atom. The molecule has 2 aromatic carbocycles. The van der Waals surface area contributed by atoms with Gasteiger partial charge < -0.3 is 10.3 Å². The van der Waals surface area contributed by atoms with Gasteiger partial charge in [0.25, 0.3) is 0 Å². The Balaban J connectivity index is 1.48. The van der Waals surface area contributed by atoms with Crippen molar-refractivity contribution in [2.45, 2.75) is 19.0 Å². The minimum absolute atomic E-state index is 0.0935. The lowest BCUT2D eigenvalue weighted by atomic mass is 10.1. The van der Waals surface area contributed by atoms with Gasteiger partial charge in [0.15, 0.2) is 5.65 Å². The molecule has 2 heterocycles. The molecule has 0 saturated heterocycles. The third-order valence-corrected chi connectivity index (χ3v) is 5.15. The van der Waals surface area contributed by atoms with Crippen LogP contribution < -0.4 is 5.32 Å². The highest BCUT2D eigenvalue weighted by molar-refractivity contribution is 7.99. The van der Waals surface area contributed by atoms with Gasteiger partial charge in [-0.3, -0.25) is 4.79 Å². The van der Waals surface area contributed by atoms with Gasteiger partial charge in [-0.15, -0.1) is 10.2 Å². The van der Waals surface area contributed by atoms with Gasteiger partial charge in [0.1, 0.15) is 5.52 Å². The number of fused-ring (bicyclic) bond motifs is 3. The number of aromatic nitrogens is 4. The second-order valence-electron chi connectivity index (χ2n) is 6.05. The van der Waals surface area contributed by atoms with E-state index < -0.39 is 0 Å². The van der Waals surface area contributed by atoms with Crippen LogP contribution in [-0.2, 0) is 4.79 Å². The van der Waals surface area contributed by atoms with E-state index in [-0.39, 0.29) is 11.7 Å². The zero-order chi connectivity index (χ0) is 18.1. The van der Waals surface area contributed by atoms with Crippen LogP contribution in [0.2, 0.25) is 0 Å². The Hall–Kier alpha value is -2.93. The molecule has 0 saturated carbocycles. The van der Waals surface area contributed by atoms with Gasteiger partial charge in [-0.1, -0.05) is 42.1 Å². The Labute approximate surface area is 154 Å². The quantitative estimate of drug-likeness (QED) is 0.538. The molecule has 0 spiro atoms. The summed E-state index contributed by atoms with van der Waals surface area (Å²) in [4.78, 5) is 19.9. The number of nitrogens with zero attached hydrogens (tertiary/aromatic N) is 3. The van der Waals surface area contributed by atoms with Crippen molar-refractivity contribution in [3.05, 3.63) is 53.6 Å². The van der Waals surface area contributed by atoms with Crippen LogP contribution in [0.1, 0.15) is 11.1 Å². The average Bonchev–Trinajstić information content (AvgIpc) is 3.01. The zero-order valence-electron chi connectivity index (χ0n) is 14.4. The van der Waals surface area contributed by atoms with Crippen LogP contribution in [0.15, 0.2) is 47.6 Å². The zero-order valence-corrected chi connectivity index (χ0v) is 15.2. The van der Waals surface area contributed by atoms with Gasteiger partial charge in [0, 0.05) is 16.6 Å². The fourth-order valence-corrected chi connectivity index (χ4v) is 3.36. The third-order valence-electron chi connectivity index (χ3n) is 4.31. The largest absolute Gasteiger partial charge is 0.338 e. The van der Waals surface area contributed by atoms with E-state index in [4.69, 9.17) is 0 Å². The Morgan fingerprint density at radius 2 is 1.96 bits per heavy atom. The maximum Gasteiger partial charge on any atom is 0.234 e. The highest BCUT2D eigenvalue weighted by atomic mass is 32.2. The number of rotatable bonds is 4. The van der Waals surface area contributed by atoms with E-state index in [2.05, 4.69) is 25.5 Å². The predicted octanol–water partition coefficient (Wildman–Crippen LogP) is 3.85. The van der Waals surface area contributed by atoms with Crippen molar-refractivity contribution >= 4 is 45.4 Å². The summed E-state index contributed by atoms with van der Waals surface area (Å²) >= 11 is 1.27. The third kappa shape index (κ3) is 3.13. The molecular weight excluding hydrogens is 346 g/mol. The monoisotopic (exact) mass is 363 g/mol. The predicted molar refractivity (Wildman–Crippen MR) is 104 cm³/mol. The van der Waals surface area contributed by atoms with Crippen molar-refractivity contribution in [2.75, 3.05) is 11.1 Å². The Kier molecular flexibility index (Phi) is 4.30. The number of carbonyl (C=O) groups excluding carboxylic acids is 1. The number of anilines is 1. The van der Waals surface area contributed by atoms with Gasteiger partial charge >= 0.3 is 0 Å². The minimum atomic E-state index is -0.0935. The standard InChI is InChI=1S/C19H17N5OS/c1-11-6-5-9-14(12(11)2)20-16(25)10-26-19-22-18-17(23-24-19)13-7-3-4-8-15(13)21-18/h3-9H,10H2,1-2H3,(H,20,25)(H,21,22,24). The molecular formula is C19H17N5OS. The minimum Gasteiger partial charge on any atom is -0.338 e. The van der Waals surface area contributed by atoms with E-state index in [0.29, 0.717) is 10.8 Å². The molecule has 7 heteroatoms. The summed E-state index contributed by atoms with van der Waals surface area (Å²) in [6, 6.07) is 13.7. The van der Waals surface area contributed by atoms with Crippen LogP contribution in [0.3, 0.4) is 0 Å². The van der Waals surface area contributed by atoms with E-state index in [1.165, 1.54) is 11.8 Å². The molecule has 0 bridgehead atoms. The highest BCUT2D eigenvalue weighted by Gasteiger charge is 2.11. The first-order chi connectivity index (χ1) is 12.6. The Bertz CT molecular complexity index is 1120. The molecule has 0 aliphatic rings. The molecule has 0 radical (unpaired) electrons. The summed E-state index contributed by atoms with van der Waals surface area (Å²) in [7, 11) is 0. The number of hydrogen-bond donors (Lipinski definition) is 2. The maximum atomic E-state index is 12.2. The summed E-state index contributed by atoms with van der Waals surface area (Å²) in [6.45, 7) is 4.02. The number of benzene rings is 2. The van der Waals surface area contributed by atoms with Gasteiger partial charge in [0.05, 0.1) is 5.75 Å². The molecule has 4 aromatic rings. The van der Waals surface area contributed by atoms with Crippen LogP contribution in [0.25, 0.3) is 22.1 Å². The first kappa shape index (κ1) is 16.5. The number of para-hydroxylation sites is 1. The second kappa shape index (κ2) is 6.76. The highest BCUT2D eigenvalue weighted by Crippen LogP contribution is 2.23. The van der Waals surface area contributed by atoms with E-state index in [1.807, 2.05) is 56.3 Å². The topological polar surface area (TPSA) is 83.6 Å². The molecule has 1 amide bonds. The van der Waals surface area contributed by atoms with Crippen molar-refractivity contribution in [1.82, 2.24) is 20.2 Å². The van der Waals surface area contributed by atoms with Crippen LogP contribution in [0.5, 0.6) is 0 Å². The molecule has 0 fully saturated rings. The Morgan fingerprint density at radius 3 is 2.85 bits per heavy atom. The molecule has 2 aromatic heterocycles. The lowest BCUT2D eigenvalue weighted by Gasteiger charge is -2.09. The van der Waals surface area contributed by atoms with Crippen molar-refractivity contribution in [3.63, 3.8) is 0 Å². The smallest absolute Gasteiger partial charge is 0.234 e. The summed E-state index contributed by atoms with van der Waals surface area (Å²) in [5, 5.41) is 12.8. The van der Waals surface area contributed by atoms with E-state index in [0.717, 1.165) is 33.2 Å². The SMILES string of the molecule is Cc1cccc(NC(=O)CSc2nnc3c(n2)[nH]c2ccccc23)c1C. The van der Waals surface area contributed by atoms with Gasteiger partial charge in [0.2, 0.25) is 11.1 Å². The summed E-state index contributed by atoms with van der Waals surface area (Å²) < 4.78 is 0. The number of aryl methyl sites for hydroxylation is 1. The molecule has 2 N–H and O–H groups in total. The lowest BCUT2D eigenvalue weighted by molar-refractivity contribution is -0.113. The molecule has 0 atom stereocenters. The fraction of sp³-hybridized carbons (Fsp3) is 0.158. The van der Waals surface area contributed by atoms with Crippen molar-refractivity contribution in [2.24, 2.45) is 0 Å². The lowest BCUT2D eigenvalue weighted by Crippen LogP contribution is -2.15. The normalized spacial score (nSPS) is 11.2. The van der Waals surface area contributed by atoms with Crippen molar-refractivity contribution < 1.29 is 4.79 Å². The number of aromatic amines is 1. The fourth-order valence-electron chi connectivity index (χ4n) is 2.77. The molecule has 26 heavy (non-hydrogen) atoms. The van der Waals surface area contributed by atoms with E-state index in [1.54, 1.807) is 0 Å². The number of carbonyl (C=O) groups is 1. The average molecular weight is 363 g/mol. The van der Waals surface area contributed by atoms with Crippen LogP contribution >= 0.6 is 11.8 Å². The van der Waals surface area contributed by atoms with Crippen LogP contribution in [-0.4, -0.2) is 31.8 Å². The van der Waals surface area contributed by atoms with E-state index in [9.17, 15) is 4.79 Å². The number of nitrogens with one attached hydrogen (secondary N) is 2. The maximum absolute atomic E-state index is 12.2. The summed E-state index contributed by atoms with van der Waals surface area (Å²) in [5.74, 6) is 0.130. The summed E-state index contributed by atoms with van der Waals surface area (Å²) in [5.41, 5.74) is 5.44. The molecule has 6 nitrogen and oxygen atoms in total. The first-order valence-corrected chi connectivity index (χ1v) is 9.20. The second-order valence-corrected chi connectivity index (χ2v) is 6.99. The number of H-pyrrole nitrogens is 1. The summed E-state index contributed by atoms with van der Waals surface area (Å²) in [6.07, 6.45) is 0. The number of hydrogen-bond acceptors (Lipinski definition) is 5. The van der Waals surface area contributed by atoms with Crippen molar-refractivity contribution in [3.8, 4) is 0 Å². The molecule has 0 unspecified atom stereocenters. The number of amides is 1. The van der Waals surface area contributed by atoms with Crippen LogP contribution in [0.4, 0.5) is 5.69 Å². The molecule has 130 valence electrons. The number of thioether (sulfide) groups is 1. The molecule has 0 aliphatic heterocycles. The van der Waals surface area contributed by atoms with Gasteiger partial charge in [-0.05, 0) is 37.1 Å². The first-order valence-electron chi connectivity index (χ1n) is 8.22. The molecule has 4 rings (SSSR count). The van der Waals surface area contributed by atoms with Crippen LogP contribution in [0, 0.1) is 13.8 Å².